The molecule has 0 bridgehead atoms. The second kappa shape index (κ2) is 4.70. The van der Waals surface area contributed by atoms with E-state index in [-0.39, 0.29) is 11.5 Å². The maximum Gasteiger partial charge on any atom is 0.231 e. The molecule has 0 saturated carbocycles. The number of anilines is 1. The lowest BCUT2D eigenvalue weighted by Gasteiger charge is -1.98. The van der Waals surface area contributed by atoms with Gasteiger partial charge < -0.3 is 14.9 Å². The standard InChI is InChI=1S/C15H12N2O3/c1-19-10-4-5-12-11(7-10)13(16)15(20-12)14(18)9-3-2-6-17-8-9/h2-8H,16H2,1H3. The van der Waals surface area contributed by atoms with Gasteiger partial charge in [-0.05, 0) is 30.3 Å². The van der Waals surface area contributed by atoms with Crippen LogP contribution in [0, 0.1) is 0 Å². The average molecular weight is 268 g/mol. The van der Waals surface area contributed by atoms with Gasteiger partial charge in [0.25, 0.3) is 0 Å². The number of nitrogen functional groups attached to an aromatic ring is 1. The number of furan rings is 1. The van der Waals surface area contributed by atoms with Crippen LogP contribution >= 0.6 is 0 Å². The van der Waals surface area contributed by atoms with Gasteiger partial charge in [0.1, 0.15) is 11.3 Å². The summed E-state index contributed by atoms with van der Waals surface area (Å²) in [4.78, 5) is 16.3. The molecule has 2 heterocycles. The van der Waals surface area contributed by atoms with Gasteiger partial charge in [0.15, 0.2) is 5.76 Å². The van der Waals surface area contributed by atoms with Gasteiger partial charge in [0.2, 0.25) is 5.78 Å². The molecule has 0 aliphatic carbocycles. The Hall–Kier alpha value is -2.82. The van der Waals surface area contributed by atoms with E-state index in [4.69, 9.17) is 14.9 Å². The summed E-state index contributed by atoms with van der Waals surface area (Å²) in [5, 5.41) is 0.664. The lowest BCUT2D eigenvalue weighted by molar-refractivity contribution is 0.101. The van der Waals surface area contributed by atoms with Crippen LogP contribution in [0.1, 0.15) is 16.1 Å². The number of methoxy groups -OCH3 is 1. The van der Waals surface area contributed by atoms with E-state index < -0.39 is 0 Å². The molecule has 0 radical (unpaired) electrons. The molecule has 0 fully saturated rings. The Kier molecular flexibility index (Phi) is 2.87. The van der Waals surface area contributed by atoms with E-state index in [1.165, 1.54) is 6.20 Å². The minimum atomic E-state index is -0.286. The highest BCUT2D eigenvalue weighted by molar-refractivity contribution is 6.14. The zero-order chi connectivity index (χ0) is 14.1. The Balaban J connectivity index is 2.13. The van der Waals surface area contributed by atoms with Gasteiger partial charge in [-0.1, -0.05) is 0 Å². The fraction of sp³-hybridized carbons (Fsp3) is 0.0667. The molecule has 20 heavy (non-hydrogen) atoms. The molecule has 0 amide bonds. The number of nitrogens with zero attached hydrogens (tertiary/aromatic N) is 1. The van der Waals surface area contributed by atoms with Crippen LogP contribution < -0.4 is 10.5 Å². The fourth-order valence-electron chi connectivity index (χ4n) is 2.02. The van der Waals surface area contributed by atoms with Crippen LogP contribution in [-0.4, -0.2) is 17.9 Å². The molecule has 0 unspecified atom stereocenters. The number of rotatable bonds is 3. The number of hydrogen-bond donors (Lipinski definition) is 1. The summed E-state index contributed by atoms with van der Waals surface area (Å²) in [6.07, 6.45) is 3.08. The molecule has 2 N–H and O–H groups in total. The average Bonchev–Trinajstić information content (AvgIpc) is 2.84. The van der Waals surface area contributed by atoms with E-state index in [2.05, 4.69) is 4.98 Å². The van der Waals surface area contributed by atoms with Crippen molar-refractivity contribution in [1.82, 2.24) is 4.98 Å². The van der Waals surface area contributed by atoms with Crippen molar-refractivity contribution in [3.8, 4) is 5.75 Å². The quantitative estimate of drug-likeness (QED) is 0.739. The van der Waals surface area contributed by atoms with Gasteiger partial charge in [0.05, 0.1) is 12.8 Å². The molecular formula is C15H12N2O3. The molecular weight excluding hydrogens is 256 g/mol. The van der Waals surface area contributed by atoms with E-state index in [0.29, 0.717) is 28.0 Å². The van der Waals surface area contributed by atoms with Crippen LogP contribution in [0.4, 0.5) is 5.69 Å². The van der Waals surface area contributed by atoms with Crippen LogP contribution in [0.15, 0.2) is 47.1 Å². The molecule has 0 saturated heterocycles. The highest BCUT2D eigenvalue weighted by Gasteiger charge is 2.20. The maximum absolute atomic E-state index is 12.3. The number of ketones is 1. The molecule has 0 atom stereocenters. The van der Waals surface area contributed by atoms with Crippen molar-refractivity contribution < 1.29 is 13.9 Å². The van der Waals surface area contributed by atoms with Crippen LogP contribution in [0.2, 0.25) is 0 Å². The van der Waals surface area contributed by atoms with Crippen LogP contribution in [0.5, 0.6) is 5.75 Å². The molecule has 0 aliphatic heterocycles. The van der Waals surface area contributed by atoms with E-state index in [1.54, 1.807) is 43.6 Å². The molecule has 0 spiro atoms. The smallest absolute Gasteiger partial charge is 0.231 e. The first kappa shape index (κ1) is 12.2. The molecule has 3 rings (SSSR count). The molecule has 100 valence electrons. The number of aromatic nitrogens is 1. The zero-order valence-corrected chi connectivity index (χ0v) is 10.8. The zero-order valence-electron chi connectivity index (χ0n) is 10.8. The highest BCUT2D eigenvalue weighted by atomic mass is 16.5. The molecule has 5 heteroatoms. The van der Waals surface area contributed by atoms with Crippen molar-refractivity contribution in [3.63, 3.8) is 0 Å². The number of pyridine rings is 1. The third kappa shape index (κ3) is 1.89. The SMILES string of the molecule is COc1ccc2oc(C(=O)c3cccnc3)c(N)c2c1. The Labute approximate surface area is 115 Å². The highest BCUT2D eigenvalue weighted by Crippen LogP contribution is 2.32. The van der Waals surface area contributed by atoms with Crippen molar-refractivity contribution in [1.29, 1.82) is 0 Å². The van der Waals surface area contributed by atoms with Crippen LogP contribution in [-0.2, 0) is 0 Å². The normalized spacial score (nSPS) is 10.7. The number of fused-ring (bicyclic) bond motifs is 1. The van der Waals surface area contributed by atoms with Crippen molar-refractivity contribution >= 4 is 22.4 Å². The number of benzene rings is 1. The summed E-state index contributed by atoms with van der Waals surface area (Å²) >= 11 is 0. The Bertz CT molecular complexity index is 778. The summed E-state index contributed by atoms with van der Waals surface area (Å²) < 4.78 is 10.7. The van der Waals surface area contributed by atoms with Gasteiger partial charge in [-0.15, -0.1) is 0 Å². The Morgan fingerprint density at radius 1 is 1.35 bits per heavy atom. The van der Waals surface area contributed by atoms with E-state index in [9.17, 15) is 4.79 Å². The van der Waals surface area contributed by atoms with Crippen molar-refractivity contribution in [3.05, 3.63) is 54.0 Å². The van der Waals surface area contributed by atoms with Crippen LogP contribution in [0.25, 0.3) is 11.0 Å². The molecule has 3 aromatic rings. The van der Waals surface area contributed by atoms with E-state index in [1.807, 2.05) is 0 Å². The number of nitrogens with two attached hydrogens (primary N) is 1. The summed E-state index contributed by atoms with van der Waals surface area (Å²) in [5.41, 5.74) is 7.31. The third-order valence-corrected chi connectivity index (χ3v) is 3.06. The first-order valence-electron chi connectivity index (χ1n) is 6.01. The largest absolute Gasteiger partial charge is 0.497 e. The predicted octanol–water partition coefficient (Wildman–Crippen LogP) is 2.65. The maximum atomic E-state index is 12.3. The van der Waals surface area contributed by atoms with Gasteiger partial charge >= 0.3 is 0 Å². The number of carbonyl (C=O) groups is 1. The minimum Gasteiger partial charge on any atom is -0.497 e. The van der Waals surface area contributed by atoms with Gasteiger partial charge in [0, 0.05) is 23.3 Å². The third-order valence-electron chi connectivity index (χ3n) is 3.06. The second-order valence-electron chi connectivity index (χ2n) is 4.28. The topological polar surface area (TPSA) is 78.3 Å². The summed E-state index contributed by atoms with van der Waals surface area (Å²) in [7, 11) is 1.57. The molecule has 1 aromatic carbocycles. The van der Waals surface area contributed by atoms with E-state index >= 15 is 0 Å². The first-order valence-corrected chi connectivity index (χ1v) is 6.01. The Morgan fingerprint density at radius 2 is 2.20 bits per heavy atom. The van der Waals surface area contributed by atoms with Crippen molar-refractivity contribution in [2.24, 2.45) is 0 Å². The number of hydrogen-bond acceptors (Lipinski definition) is 5. The second-order valence-corrected chi connectivity index (χ2v) is 4.28. The van der Waals surface area contributed by atoms with Crippen molar-refractivity contribution in [2.75, 3.05) is 12.8 Å². The fourth-order valence-corrected chi connectivity index (χ4v) is 2.02. The summed E-state index contributed by atoms with van der Waals surface area (Å²) in [6, 6.07) is 8.58. The predicted molar refractivity (Wildman–Crippen MR) is 74.8 cm³/mol. The molecule has 5 nitrogen and oxygen atoms in total. The van der Waals surface area contributed by atoms with Crippen LogP contribution in [0.3, 0.4) is 0 Å². The number of carbonyl (C=O) groups excluding carboxylic acids is 1. The lowest BCUT2D eigenvalue weighted by Crippen LogP contribution is -2.03. The monoisotopic (exact) mass is 268 g/mol. The first-order chi connectivity index (χ1) is 9.70. The minimum absolute atomic E-state index is 0.126. The molecule has 0 aliphatic rings. The number of ether oxygens (including phenoxy) is 1. The van der Waals surface area contributed by atoms with Gasteiger partial charge in [-0.3, -0.25) is 9.78 Å². The summed E-state index contributed by atoms with van der Waals surface area (Å²) in [6.45, 7) is 0. The van der Waals surface area contributed by atoms with Crippen molar-refractivity contribution in [2.45, 2.75) is 0 Å². The van der Waals surface area contributed by atoms with Gasteiger partial charge in [-0.2, -0.15) is 0 Å². The Morgan fingerprint density at radius 3 is 2.90 bits per heavy atom. The van der Waals surface area contributed by atoms with E-state index in [0.717, 1.165) is 0 Å². The van der Waals surface area contributed by atoms with Gasteiger partial charge in [-0.25, -0.2) is 0 Å². The molecule has 2 aromatic heterocycles. The summed E-state index contributed by atoms with van der Waals surface area (Å²) in [5.74, 6) is 0.498. The lowest BCUT2D eigenvalue weighted by atomic mass is 10.1.